The van der Waals surface area contributed by atoms with Gasteiger partial charge >= 0.3 is 12.1 Å². The van der Waals surface area contributed by atoms with Crippen molar-refractivity contribution in [3.8, 4) is 5.69 Å². The first-order valence-electron chi connectivity index (χ1n) is 10.1. The lowest BCUT2D eigenvalue weighted by Gasteiger charge is -2.22. The van der Waals surface area contributed by atoms with Crippen molar-refractivity contribution in [1.82, 2.24) is 19.7 Å². The van der Waals surface area contributed by atoms with Crippen LogP contribution in [0.25, 0.3) is 5.69 Å². The van der Waals surface area contributed by atoms with Crippen LogP contribution in [-0.2, 0) is 20.5 Å². The van der Waals surface area contributed by atoms with Crippen LogP contribution in [0.4, 0.5) is 18.9 Å². The Kier molecular flexibility index (Phi) is 6.34. The highest BCUT2D eigenvalue weighted by molar-refractivity contribution is 5.97. The summed E-state index contributed by atoms with van der Waals surface area (Å²) in [6.07, 6.45) is 0.0356. The van der Waals surface area contributed by atoms with E-state index >= 15 is 0 Å². The van der Waals surface area contributed by atoms with E-state index in [4.69, 9.17) is 9.15 Å². The molecule has 1 atom stereocenters. The lowest BCUT2D eigenvalue weighted by molar-refractivity contribution is -0.151. The fraction of sp³-hybridized carbons (Fsp3) is 0.286. The van der Waals surface area contributed by atoms with Crippen molar-refractivity contribution in [2.24, 2.45) is 0 Å². The van der Waals surface area contributed by atoms with Gasteiger partial charge in [-0.1, -0.05) is 0 Å². The van der Waals surface area contributed by atoms with Crippen LogP contribution in [0.1, 0.15) is 29.0 Å². The number of esters is 1. The third-order valence-corrected chi connectivity index (χ3v) is 5.13. The number of carbonyl (C=O) groups excluding carboxylic acids is 3. The number of alkyl halides is 3. The van der Waals surface area contributed by atoms with Gasteiger partial charge in [-0.15, -0.1) is 0 Å². The first-order valence-corrected chi connectivity index (χ1v) is 10.1. The second-order valence-corrected chi connectivity index (χ2v) is 7.36. The topological polar surface area (TPSA) is 120 Å². The van der Waals surface area contributed by atoms with Crippen LogP contribution >= 0.6 is 0 Å². The number of nitrogens with zero attached hydrogens (tertiary/aromatic N) is 4. The molecule has 0 radical (unpaired) electrons. The highest BCUT2D eigenvalue weighted by Gasteiger charge is 2.37. The Labute approximate surface area is 190 Å². The van der Waals surface area contributed by atoms with Gasteiger partial charge in [0.15, 0.2) is 12.4 Å². The highest BCUT2D eigenvalue weighted by atomic mass is 19.4. The van der Waals surface area contributed by atoms with Gasteiger partial charge in [0.05, 0.1) is 23.2 Å². The smallest absolute Gasteiger partial charge is 0.416 e. The molecule has 0 saturated carbocycles. The van der Waals surface area contributed by atoms with Gasteiger partial charge in [-0.2, -0.15) is 18.3 Å². The lowest BCUT2D eigenvalue weighted by atomic mass is 10.1. The molecule has 1 saturated heterocycles. The molecule has 3 heterocycles. The van der Waals surface area contributed by atoms with E-state index in [0.717, 1.165) is 18.2 Å². The fourth-order valence-electron chi connectivity index (χ4n) is 3.56. The van der Waals surface area contributed by atoms with E-state index in [9.17, 15) is 27.6 Å². The van der Waals surface area contributed by atoms with Gasteiger partial charge in [0.1, 0.15) is 18.7 Å². The van der Waals surface area contributed by atoms with Crippen LogP contribution in [0.3, 0.4) is 0 Å². The number of halogens is 3. The summed E-state index contributed by atoms with van der Waals surface area (Å²) >= 11 is 0. The maximum absolute atomic E-state index is 13.2. The molecule has 1 aliphatic rings. The Morgan fingerprint density at radius 2 is 2.06 bits per heavy atom. The largest absolute Gasteiger partial charge is 0.459 e. The minimum absolute atomic E-state index is 0.0719. The van der Waals surface area contributed by atoms with Gasteiger partial charge in [0.25, 0.3) is 11.8 Å². The van der Waals surface area contributed by atoms with Crippen LogP contribution in [-0.4, -0.2) is 56.6 Å². The third kappa shape index (κ3) is 4.92. The molecule has 4 rings (SSSR count). The van der Waals surface area contributed by atoms with E-state index in [1.54, 1.807) is 6.07 Å². The monoisotopic (exact) mass is 477 g/mol. The molecule has 178 valence electrons. The Hall–Kier alpha value is -4.16. The minimum Gasteiger partial charge on any atom is -0.459 e. The Bertz CT molecular complexity index is 1180. The Morgan fingerprint density at radius 3 is 2.74 bits per heavy atom. The summed E-state index contributed by atoms with van der Waals surface area (Å²) < 4.78 is 50.8. The van der Waals surface area contributed by atoms with Crippen molar-refractivity contribution in [2.75, 3.05) is 18.5 Å². The minimum atomic E-state index is -4.64. The molecule has 0 bridgehead atoms. The van der Waals surface area contributed by atoms with Gasteiger partial charge in [-0.25, -0.2) is 14.5 Å². The Balaban J connectivity index is 1.43. The van der Waals surface area contributed by atoms with Gasteiger partial charge in [0, 0.05) is 6.54 Å². The zero-order valence-electron chi connectivity index (χ0n) is 17.5. The predicted molar refractivity (Wildman–Crippen MR) is 109 cm³/mol. The van der Waals surface area contributed by atoms with Crippen molar-refractivity contribution in [2.45, 2.75) is 25.1 Å². The summed E-state index contributed by atoms with van der Waals surface area (Å²) in [4.78, 5) is 42.5. The molecular weight excluding hydrogens is 459 g/mol. The zero-order valence-corrected chi connectivity index (χ0v) is 17.5. The molecule has 2 aromatic heterocycles. The quantitative estimate of drug-likeness (QED) is 0.542. The predicted octanol–water partition coefficient (Wildman–Crippen LogP) is 2.67. The number of rotatable bonds is 6. The molecule has 1 aromatic carbocycles. The number of amides is 2. The summed E-state index contributed by atoms with van der Waals surface area (Å²) in [6, 6.07) is 4.84. The molecule has 1 aliphatic heterocycles. The van der Waals surface area contributed by atoms with Crippen molar-refractivity contribution in [3.05, 3.63) is 60.6 Å². The number of furan rings is 1. The van der Waals surface area contributed by atoms with Crippen molar-refractivity contribution in [1.29, 1.82) is 0 Å². The third-order valence-electron chi connectivity index (χ3n) is 5.13. The first-order chi connectivity index (χ1) is 16.2. The molecule has 0 aliphatic carbocycles. The fourth-order valence-corrected chi connectivity index (χ4v) is 3.56. The van der Waals surface area contributed by atoms with E-state index in [1.165, 1.54) is 34.6 Å². The molecule has 0 spiro atoms. The van der Waals surface area contributed by atoms with Crippen LogP contribution in [0.2, 0.25) is 0 Å². The van der Waals surface area contributed by atoms with Crippen molar-refractivity contribution < 1.29 is 36.7 Å². The van der Waals surface area contributed by atoms with E-state index < -0.39 is 42.2 Å². The number of aromatic nitrogens is 3. The molecule has 2 amide bonds. The van der Waals surface area contributed by atoms with E-state index in [-0.39, 0.29) is 17.1 Å². The van der Waals surface area contributed by atoms with Crippen LogP contribution in [0.5, 0.6) is 0 Å². The van der Waals surface area contributed by atoms with E-state index in [1.807, 2.05) is 0 Å². The van der Waals surface area contributed by atoms with Gasteiger partial charge in [0.2, 0.25) is 0 Å². The van der Waals surface area contributed by atoms with Crippen LogP contribution in [0, 0.1) is 0 Å². The zero-order chi connectivity index (χ0) is 24.3. The first kappa shape index (κ1) is 23.0. The normalized spacial score (nSPS) is 15.9. The van der Waals surface area contributed by atoms with Crippen molar-refractivity contribution >= 4 is 23.5 Å². The van der Waals surface area contributed by atoms with Gasteiger partial charge in [-0.3, -0.25) is 9.59 Å². The summed E-state index contributed by atoms with van der Waals surface area (Å²) in [6.45, 7) is -0.442. The molecular formula is C21H18F3N5O5. The SMILES string of the molecule is O=C(COC(=O)C1CCCN1C(=O)c1ccco1)Nc1cc(C(F)(F)F)ccc1-n1cncn1. The molecule has 10 nitrogen and oxygen atoms in total. The second-order valence-electron chi connectivity index (χ2n) is 7.36. The molecule has 13 heteroatoms. The maximum atomic E-state index is 13.2. The number of hydrogen-bond donors (Lipinski definition) is 1. The average Bonchev–Trinajstić information content (AvgIpc) is 3.58. The van der Waals surface area contributed by atoms with Crippen LogP contribution in [0.15, 0.2) is 53.7 Å². The number of benzene rings is 1. The van der Waals surface area contributed by atoms with E-state index in [0.29, 0.717) is 19.4 Å². The van der Waals surface area contributed by atoms with E-state index in [2.05, 4.69) is 15.4 Å². The standard InChI is InChI=1S/C21H18F3N5O5/c22-21(23,24)13-5-6-15(29-12-25-11-26-29)14(9-13)27-18(30)10-34-20(32)16-3-1-7-28(16)19(31)17-4-2-8-33-17/h2,4-6,8-9,11-12,16H,1,3,7,10H2,(H,27,30). The van der Waals surface area contributed by atoms with Crippen molar-refractivity contribution in [3.63, 3.8) is 0 Å². The average molecular weight is 477 g/mol. The second kappa shape index (κ2) is 9.37. The lowest BCUT2D eigenvalue weighted by Crippen LogP contribution is -2.42. The maximum Gasteiger partial charge on any atom is 0.416 e. The highest BCUT2D eigenvalue weighted by Crippen LogP contribution is 2.33. The number of carbonyl (C=O) groups is 3. The summed E-state index contributed by atoms with van der Waals surface area (Å²) in [5, 5.41) is 6.17. The summed E-state index contributed by atoms with van der Waals surface area (Å²) in [5.74, 6) is -2.07. The summed E-state index contributed by atoms with van der Waals surface area (Å²) in [5.41, 5.74) is -1.05. The number of likely N-dealkylation sites (tertiary alicyclic amines) is 1. The number of ether oxygens (including phenoxy) is 1. The number of nitrogens with one attached hydrogen (secondary N) is 1. The summed E-state index contributed by atoms with van der Waals surface area (Å²) in [7, 11) is 0. The Morgan fingerprint density at radius 1 is 1.24 bits per heavy atom. The molecule has 1 fully saturated rings. The molecule has 34 heavy (non-hydrogen) atoms. The number of hydrogen-bond acceptors (Lipinski definition) is 7. The van der Waals surface area contributed by atoms with Gasteiger partial charge < -0.3 is 19.4 Å². The number of anilines is 1. The molecule has 3 aromatic rings. The van der Waals surface area contributed by atoms with Gasteiger partial charge in [-0.05, 0) is 43.2 Å². The van der Waals surface area contributed by atoms with Crippen LogP contribution < -0.4 is 5.32 Å². The molecule has 1 N–H and O–H groups in total. The molecule has 1 unspecified atom stereocenters.